The average Bonchev–Trinajstić information content (AvgIpc) is 2.73. The van der Waals surface area contributed by atoms with Crippen molar-refractivity contribution >= 4 is 31.8 Å². The number of sulfonamides is 1. The molecule has 1 aromatic heterocycles. The first-order chi connectivity index (χ1) is 7.99. The lowest BCUT2D eigenvalue weighted by atomic mass is 10.2. The number of rotatable bonds is 3. The van der Waals surface area contributed by atoms with Crippen LogP contribution in [0.25, 0.3) is 0 Å². The second-order valence-corrected chi connectivity index (χ2v) is 6.02. The Kier molecular flexibility index (Phi) is 3.21. The van der Waals surface area contributed by atoms with Crippen LogP contribution in [0.5, 0.6) is 0 Å². The maximum Gasteiger partial charge on any atom is 0.263 e. The predicted molar refractivity (Wildman–Crippen MR) is 68.3 cm³/mol. The van der Waals surface area contributed by atoms with Crippen LogP contribution in [0.2, 0.25) is 0 Å². The minimum atomic E-state index is -3.56. The molecule has 90 valence electrons. The summed E-state index contributed by atoms with van der Waals surface area (Å²) in [5.41, 5.74) is 0.859. The fraction of sp³-hybridized carbons (Fsp3) is 0.100. The first-order valence-corrected chi connectivity index (χ1v) is 7.05. The molecule has 17 heavy (non-hydrogen) atoms. The monoisotopic (exact) mass is 315 g/mol. The third kappa shape index (κ3) is 2.67. The minimum Gasteiger partial charge on any atom is -0.264 e. The topological polar surface area (TPSA) is 74.8 Å². The summed E-state index contributed by atoms with van der Waals surface area (Å²) in [5.74, 6) is 0.338. The lowest BCUT2D eigenvalue weighted by Crippen LogP contribution is -2.13. The third-order valence-corrected chi connectivity index (χ3v) is 4.44. The van der Waals surface area contributed by atoms with E-state index in [0.29, 0.717) is 5.82 Å². The zero-order chi connectivity index (χ0) is 12.5. The Labute approximate surface area is 107 Å². The SMILES string of the molecule is Cc1cc(S(=O)(=O)Nc2ccn[nH]2)ccc1Br. The van der Waals surface area contributed by atoms with Gasteiger partial charge in [-0.2, -0.15) is 5.10 Å². The Hall–Kier alpha value is -1.34. The average molecular weight is 316 g/mol. The molecule has 0 aliphatic carbocycles. The van der Waals surface area contributed by atoms with Crippen molar-refractivity contribution in [2.75, 3.05) is 4.72 Å². The number of nitrogens with zero attached hydrogens (tertiary/aromatic N) is 1. The van der Waals surface area contributed by atoms with Gasteiger partial charge in [0.15, 0.2) is 0 Å². The standard InChI is InChI=1S/C10H10BrN3O2S/c1-7-6-8(2-3-9(7)11)17(15,16)14-10-4-5-12-13-10/h2-6H,1H3,(H2,12,13,14). The van der Waals surface area contributed by atoms with E-state index in [4.69, 9.17) is 0 Å². The number of halogens is 1. The van der Waals surface area contributed by atoms with Crippen LogP contribution < -0.4 is 4.72 Å². The van der Waals surface area contributed by atoms with E-state index in [1.807, 2.05) is 6.92 Å². The first-order valence-electron chi connectivity index (χ1n) is 4.77. The zero-order valence-electron chi connectivity index (χ0n) is 8.94. The van der Waals surface area contributed by atoms with Crippen molar-refractivity contribution in [3.8, 4) is 0 Å². The van der Waals surface area contributed by atoms with Gasteiger partial charge in [-0.3, -0.25) is 9.82 Å². The molecule has 2 aromatic rings. The number of aromatic nitrogens is 2. The quantitative estimate of drug-likeness (QED) is 0.912. The van der Waals surface area contributed by atoms with Gasteiger partial charge in [-0.25, -0.2) is 8.42 Å². The van der Waals surface area contributed by atoms with Crippen LogP contribution in [-0.4, -0.2) is 18.6 Å². The second kappa shape index (κ2) is 4.50. The van der Waals surface area contributed by atoms with Crippen LogP contribution in [0.4, 0.5) is 5.82 Å². The Morgan fingerprint density at radius 3 is 2.71 bits per heavy atom. The first kappa shape index (κ1) is 12.1. The molecular weight excluding hydrogens is 306 g/mol. The number of aromatic amines is 1. The van der Waals surface area contributed by atoms with Gasteiger partial charge in [0.2, 0.25) is 0 Å². The molecule has 0 saturated heterocycles. The molecule has 0 radical (unpaired) electrons. The highest BCUT2D eigenvalue weighted by atomic mass is 79.9. The number of hydrogen-bond donors (Lipinski definition) is 2. The Balaban J connectivity index is 2.35. The highest BCUT2D eigenvalue weighted by Crippen LogP contribution is 2.21. The number of H-pyrrole nitrogens is 1. The maximum atomic E-state index is 12.0. The molecule has 0 amide bonds. The molecule has 0 atom stereocenters. The summed E-state index contributed by atoms with van der Waals surface area (Å²) in [6.45, 7) is 1.83. The zero-order valence-corrected chi connectivity index (χ0v) is 11.3. The number of nitrogens with one attached hydrogen (secondary N) is 2. The number of benzene rings is 1. The van der Waals surface area contributed by atoms with Crippen LogP contribution >= 0.6 is 15.9 Å². The van der Waals surface area contributed by atoms with Crippen molar-refractivity contribution in [2.45, 2.75) is 11.8 Å². The Bertz CT molecular complexity index is 623. The van der Waals surface area contributed by atoms with E-state index >= 15 is 0 Å². The van der Waals surface area contributed by atoms with Gasteiger partial charge >= 0.3 is 0 Å². The minimum absolute atomic E-state index is 0.216. The fourth-order valence-corrected chi connectivity index (χ4v) is 2.65. The van der Waals surface area contributed by atoms with Crippen LogP contribution in [0, 0.1) is 6.92 Å². The summed E-state index contributed by atoms with van der Waals surface area (Å²) in [6, 6.07) is 6.39. The molecule has 0 aliphatic heterocycles. The van der Waals surface area contributed by atoms with E-state index < -0.39 is 10.0 Å². The Morgan fingerprint density at radius 2 is 2.12 bits per heavy atom. The fourth-order valence-electron chi connectivity index (χ4n) is 1.30. The molecule has 7 heteroatoms. The van der Waals surface area contributed by atoms with Gasteiger partial charge in [0.1, 0.15) is 5.82 Å². The van der Waals surface area contributed by atoms with Gasteiger partial charge in [-0.05, 0) is 30.7 Å². The summed E-state index contributed by atoms with van der Waals surface area (Å²) >= 11 is 3.33. The van der Waals surface area contributed by atoms with Crippen LogP contribution in [0.15, 0.2) is 39.8 Å². The predicted octanol–water partition coefficient (Wildman–Crippen LogP) is 2.28. The highest BCUT2D eigenvalue weighted by Gasteiger charge is 2.15. The Morgan fingerprint density at radius 1 is 1.35 bits per heavy atom. The maximum absolute atomic E-state index is 12.0. The largest absolute Gasteiger partial charge is 0.264 e. The van der Waals surface area contributed by atoms with E-state index in [9.17, 15) is 8.42 Å². The normalized spacial score (nSPS) is 11.4. The van der Waals surface area contributed by atoms with E-state index in [0.717, 1.165) is 10.0 Å². The van der Waals surface area contributed by atoms with Crippen molar-refractivity contribution in [3.63, 3.8) is 0 Å². The second-order valence-electron chi connectivity index (χ2n) is 3.49. The third-order valence-electron chi connectivity index (χ3n) is 2.18. The number of anilines is 1. The van der Waals surface area contributed by atoms with E-state index in [1.165, 1.54) is 12.3 Å². The van der Waals surface area contributed by atoms with Gasteiger partial charge in [0.25, 0.3) is 10.0 Å². The lowest BCUT2D eigenvalue weighted by Gasteiger charge is -2.07. The lowest BCUT2D eigenvalue weighted by molar-refractivity contribution is 0.601. The molecule has 0 bridgehead atoms. The van der Waals surface area contributed by atoms with E-state index in [1.54, 1.807) is 18.2 Å². The van der Waals surface area contributed by atoms with Crippen molar-refractivity contribution in [2.24, 2.45) is 0 Å². The van der Waals surface area contributed by atoms with Gasteiger partial charge in [0.05, 0.1) is 11.1 Å². The van der Waals surface area contributed by atoms with E-state index in [2.05, 4.69) is 30.8 Å². The van der Waals surface area contributed by atoms with Gasteiger partial charge in [0, 0.05) is 10.5 Å². The summed E-state index contributed by atoms with van der Waals surface area (Å²) in [4.78, 5) is 0.216. The summed E-state index contributed by atoms with van der Waals surface area (Å²) < 4.78 is 27.3. The van der Waals surface area contributed by atoms with Crippen LogP contribution in [0.3, 0.4) is 0 Å². The smallest absolute Gasteiger partial charge is 0.263 e. The summed E-state index contributed by atoms with van der Waals surface area (Å²) in [5, 5.41) is 6.21. The van der Waals surface area contributed by atoms with Crippen molar-refractivity contribution in [1.29, 1.82) is 0 Å². The van der Waals surface area contributed by atoms with Crippen molar-refractivity contribution < 1.29 is 8.42 Å². The van der Waals surface area contributed by atoms with Crippen molar-refractivity contribution in [3.05, 3.63) is 40.5 Å². The molecule has 1 heterocycles. The highest BCUT2D eigenvalue weighted by molar-refractivity contribution is 9.10. The van der Waals surface area contributed by atoms with Gasteiger partial charge < -0.3 is 0 Å². The van der Waals surface area contributed by atoms with Crippen LogP contribution in [0.1, 0.15) is 5.56 Å². The molecular formula is C10H10BrN3O2S. The molecule has 5 nitrogen and oxygen atoms in total. The van der Waals surface area contributed by atoms with Gasteiger partial charge in [-0.1, -0.05) is 15.9 Å². The molecule has 0 aliphatic rings. The molecule has 2 rings (SSSR count). The van der Waals surface area contributed by atoms with E-state index in [-0.39, 0.29) is 4.90 Å². The summed E-state index contributed by atoms with van der Waals surface area (Å²) in [6.07, 6.45) is 1.48. The summed E-state index contributed by atoms with van der Waals surface area (Å²) in [7, 11) is -3.56. The molecule has 0 spiro atoms. The molecule has 0 fully saturated rings. The van der Waals surface area contributed by atoms with Crippen LogP contribution in [-0.2, 0) is 10.0 Å². The number of aryl methyl sites for hydroxylation is 1. The molecule has 0 unspecified atom stereocenters. The van der Waals surface area contributed by atoms with Crippen molar-refractivity contribution in [1.82, 2.24) is 10.2 Å². The van der Waals surface area contributed by atoms with Gasteiger partial charge in [-0.15, -0.1) is 0 Å². The molecule has 2 N–H and O–H groups in total. The number of hydrogen-bond acceptors (Lipinski definition) is 3. The molecule has 1 aromatic carbocycles. The molecule has 0 saturated carbocycles.